The van der Waals surface area contributed by atoms with E-state index in [-0.39, 0.29) is 11.5 Å². The molecule has 4 rings (SSSR count). The van der Waals surface area contributed by atoms with E-state index in [0.717, 1.165) is 10.2 Å². The van der Waals surface area contributed by atoms with Crippen LogP contribution in [-0.4, -0.2) is 26.6 Å². The number of hydrogen-bond acceptors (Lipinski definition) is 6. The fourth-order valence-corrected chi connectivity index (χ4v) is 3.60. The Bertz CT molecular complexity index is 1140. The van der Waals surface area contributed by atoms with Crippen molar-refractivity contribution in [1.82, 2.24) is 15.0 Å². The van der Waals surface area contributed by atoms with E-state index < -0.39 is 5.91 Å². The number of amides is 1. The topological polar surface area (TPSA) is 84.8 Å². The molecule has 4 aromatic rings. The summed E-state index contributed by atoms with van der Waals surface area (Å²) >= 11 is 1.46. The number of rotatable bonds is 4. The van der Waals surface area contributed by atoms with Gasteiger partial charge in [-0.15, -0.1) is 11.3 Å². The van der Waals surface area contributed by atoms with Crippen LogP contribution >= 0.6 is 11.3 Å². The van der Waals surface area contributed by atoms with Gasteiger partial charge < -0.3 is 5.32 Å². The largest absolute Gasteiger partial charge is 0.321 e. The lowest BCUT2D eigenvalue weighted by molar-refractivity contribution is 0.100. The molecule has 0 atom stereocenters. The zero-order chi connectivity index (χ0) is 18.8. The van der Waals surface area contributed by atoms with Crippen molar-refractivity contribution < 1.29 is 9.59 Å². The Balaban J connectivity index is 1.69. The molecule has 2 aromatic heterocycles. The third-order valence-electron chi connectivity index (χ3n) is 3.94. The van der Waals surface area contributed by atoms with E-state index in [9.17, 15) is 9.59 Å². The molecule has 0 bridgehead atoms. The first-order chi connectivity index (χ1) is 13.1. The van der Waals surface area contributed by atoms with Crippen LogP contribution in [0, 0.1) is 0 Å². The number of fused-ring (bicyclic) bond motifs is 1. The predicted molar refractivity (Wildman–Crippen MR) is 105 cm³/mol. The number of nitrogens with zero attached hydrogens (tertiary/aromatic N) is 3. The second-order valence-corrected chi connectivity index (χ2v) is 6.86. The van der Waals surface area contributed by atoms with Gasteiger partial charge in [0.25, 0.3) is 5.91 Å². The number of ketones is 1. The van der Waals surface area contributed by atoms with Gasteiger partial charge in [0.05, 0.1) is 10.2 Å². The molecule has 0 aliphatic rings. The van der Waals surface area contributed by atoms with Crippen LogP contribution in [0.15, 0.2) is 60.9 Å². The number of anilines is 1. The quantitative estimate of drug-likeness (QED) is 0.541. The zero-order valence-electron chi connectivity index (χ0n) is 14.3. The van der Waals surface area contributed by atoms with Crippen molar-refractivity contribution in [3.05, 3.63) is 72.2 Å². The summed E-state index contributed by atoms with van der Waals surface area (Å²) in [6.07, 6.45) is 3.01. The molecule has 132 valence electrons. The van der Waals surface area contributed by atoms with Crippen LogP contribution in [0.5, 0.6) is 0 Å². The molecule has 27 heavy (non-hydrogen) atoms. The van der Waals surface area contributed by atoms with E-state index >= 15 is 0 Å². The van der Waals surface area contributed by atoms with E-state index in [1.165, 1.54) is 30.7 Å². The van der Waals surface area contributed by atoms with Gasteiger partial charge >= 0.3 is 0 Å². The molecule has 0 unspecified atom stereocenters. The van der Waals surface area contributed by atoms with Crippen LogP contribution in [0.3, 0.4) is 0 Å². The lowest BCUT2D eigenvalue weighted by atomic mass is 10.1. The van der Waals surface area contributed by atoms with Crippen LogP contribution in [0.1, 0.15) is 27.8 Å². The number of nitrogens with one attached hydrogen (secondary N) is 1. The van der Waals surface area contributed by atoms with Gasteiger partial charge in [-0.05, 0) is 31.2 Å². The summed E-state index contributed by atoms with van der Waals surface area (Å²) in [7, 11) is 0. The number of carbonyl (C=O) groups excluding carboxylic acids is 2. The highest BCUT2D eigenvalue weighted by Crippen LogP contribution is 2.30. The number of carbonyl (C=O) groups is 2. The summed E-state index contributed by atoms with van der Waals surface area (Å²) < 4.78 is 1.01. The summed E-state index contributed by atoms with van der Waals surface area (Å²) in [5.74, 6) is -0.473. The van der Waals surface area contributed by atoms with Gasteiger partial charge in [0.15, 0.2) is 11.5 Å². The van der Waals surface area contributed by atoms with E-state index in [1.54, 1.807) is 24.3 Å². The van der Waals surface area contributed by atoms with E-state index in [1.807, 2.05) is 24.3 Å². The SMILES string of the molecule is CC(=O)c1cccc(NC(=O)c2nccnc2-c2nc3ccccc3s2)c1. The van der Waals surface area contributed by atoms with Crippen molar-refractivity contribution in [1.29, 1.82) is 0 Å². The highest BCUT2D eigenvalue weighted by Gasteiger charge is 2.19. The Morgan fingerprint density at radius 1 is 1.00 bits per heavy atom. The summed E-state index contributed by atoms with van der Waals surface area (Å²) in [4.78, 5) is 37.4. The molecule has 7 heteroatoms. The highest BCUT2D eigenvalue weighted by molar-refractivity contribution is 7.21. The van der Waals surface area contributed by atoms with Gasteiger partial charge in [-0.25, -0.2) is 15.0 Å². The third kappa shape index (κ3) is 3.45. The van der Waals surface area contributed by atoms with Crippen molar-refractivity contribution in [2.45, 2.75) is 6.92 Å². The molecule has 1 N–H and O–H groups in total. The molecule has 0 radical (unpaired) electrons. The smallest absolute Gasteiger partial charge is 0.276 e. The maximum Gasteiger partial charge on any atom is 0.276 e. The van der Waals surface area contributed by atoms with Gasteiger partial charge in [-0.1, -0.05) is 24.3 Å². The first-order valence-corrected chi connectivity index (χ1v) is 9.03. The number of hydrogen-bond donors (Lipinski definition) is 1. The number of thiazole rings is 1. The van der Waals surface area contributed by atoms with Crippen LogP contribution in [0.2, 0.25) is 0 Å². The molecule has 0 spiro atoms. The second kappa shape index (κ2) is 7.05. The van der Waals surface area contributed by atoms with Gasteiger partial charge in [-0.3, -0.25) is 9.59 Å². The minimum absolute atomic E-state index is 0.0687. The monoisotopic (exact) mass is 374 g/mol. The molecular weight excluding hydrogens is 360 g/mol. The minimum atomic E-state index is -0.405. The molecule has 0 saturated carbocycles. The molecular formula is C20H14N4O2S. The summed E-state index contributed by atoms with van der Waals surface area (Å²) in [6.45, 7) is 1.48. The van der Waals surface area contributed by atoms with Crippen LogP contribution in [0.25, 0.3) is 20.9 Å². The Morgan fingerprint density at radius 2 is 1.81 bits per heavy atom. The average Bonchev–Trinajstić information content (AvgIpc) is 3.12. The lowest BCUT2D eigenvalue weighted by Gasteiger charge is -2.08. The molecule has 0 saturated heterocycles. The Morgan fingerprint density at radius 3 is 2.63 bits per heavy atom. The summed E-state index contributed by atoms with van der Waals surface area (Å²) in [6, 6.07) is 14.5. The molecule has 2 aromatic carbocycles. The molecule has 1 amide bonds. The molecule has 0 aliphatic heterocycles. The fraction of sp³-hybridized carbons (Fsp3) is 0.0500. The van der Waals surface area contributed by atoms with Crippen molar-refractivity contribution in [2.24, 2.45) is 0 Å². The van der Waals surface area contributed by atoms with Crippen molar-refractivity contribution in [2.75, 3.05) is 5.32 Å². The van der Waals surface area contributed by atoms with Gasteiger partial charge in [0, 0.05) is 23.6 Å². The Kier molecular flexibility index (Phi) is 4.43. The zero-order valence-corrected chi connectivity index (χ0v) is 15.2. The van der Waals surface area contributed by atoms with Gasteiger partial charge in [0.2, 0.25) is 0 Å². The normalized spacial score (nSPS) is 10.7. The van der Waals surface area contributed by atoms with Crippen molar-refractivity contribution in [3.8, 4) is 10.7 Å². The fourth-order valence-electron chi connectivity index (χ4n) is 2.64. The van der Waals surface area contributed by atoms with Crippen LogP contribution in [-0.2, 0) is 0 Å². The number of benzene rings is 2. The average molecular weight is 374 g/mol. The summed E-state index contributed by atoms with van der Waals surface area (Å²) in [5, 5.41) is 3.41. The first-order valence-electron chi connectivity index (χ1n) is 8.21. The standard InChI is InChI=1S/C20H14N4O2S/c1-12(25)13-5-4-6-14(11-13)23-19(26)17-18(22-10-9-21-17)20-24-15-7-2-3-8-16(15)27-20/h2-11H,1H3,(H,23,26). The first kappa shape index (κ1) is 17.0. The highest BCUT2D eigenvalue weighted by atomic mass is 32.1. The van der Waals surface area contributed by atoms with E-state index in [0.29, 0.717) is 22.0 Å². The molecule has 0 fully saturated rings. The van der Waals surface area contributed by atoms with E-state index in [2.05, 4.69) is 20.3 Å². The van der Waals surface area contributed by atoms with Crippen LogP contribution in [0.4, 0.5) is 5.69 Å². The molecule has 2 heterocycles. The maximum atomic E-state index is 12.8. The van der Waals surface area contributed by atoms with Gasteiger partial charge in [-0.2, -0.15) is 0 Å². The van der Waals surface area contributed by atoms with Crippen molar-refractivity contribution in [3.63, 3.8) is 0 Å². The predicted octanol–water partition coefficient (Wildman–Crippen LogP) is 4.21. The second-order valence-electron chi connectivity index (χ2n) is 5.83. The Labute approximate surface area is 158 Å². The maximum absolute atomic E-state index is 12.8. The summed E-state index contributed by atoms with van der Waals surface area (Å²) in [5.41, 5.74) is 2.51. The molecule has 0 aliphatic carbocycles. The molecule has 6 nitrogen and oxygen atoms in total. The number of para-hydroxylation sites is 1. The third-order valence-corrected chi connectivity index (χ3v) is 4.98. The Hall–Kier alpha value is -3.45. The van der Waals surface area contributed by atoms with Crippen LogP contribution < -0.4 is 5.32 Å². The van der Waals surface area contributed by atoms with Gasteiger partial charge in [0.1, 0.15) is 10.7 Å². The number of Topliss-reactive ketones (excluding diaryl/α,β-unsaturated/α-hetero) is 1. The van der Waals surface area contributed by atoms with E-state index in [4.69, 9.17) is 0 Å². The minimum Gasteiger partial charge on any atom is -0.321 e. The number of aromatic nitrogens is 3. The van der Waals surface area contributed by atoms with Crippen molar-refractivity contribution >= 4 is 38.9 Å². The lowest BCUT2D eigenvalue weighted by Crippen LogP contribution is -2.16.